The van der Waals surface area contributed by atoms with Gasteiger partial charge in [-0.1, -0.05) is 11.6 Å². The Morgan fingerprint density at radius 3 is 2.71 bits per heavy atom. The monoisotopic (exact) mass is 217 g/mol. The number of pyridine rings is 1. The molecule has 6 heteroatoms. The molecule has 0 unspecified atom stereocenters. The fraction of sp³-hybridized carbons (Fsp3) is 0.250. The summed E-state index contributed by atoms with van der Waals surface area (Å²) in [5.74, 6) is 0. The standard InChI is InChI=1S/C8H6ClF2N3/c9-7-5(3-13)4(2-12)1-6(14-7)8(10)11/h1,8H,3,13H2. The quantitative estimate of drug-likeness (QED) is 0.771. The normalized spacial score (nSPS) is 10.3. The lowest BCUT2D eigenvalue weighted by Crippen LogP contribution is -2.04. The van der Waals surface area contributed by atoms with Gasteiger partial charge in [-0.15, -0.1) is 0 Å². The average molecular weight is 218 g/mol. The van der Waals surface area contributed by atoms with Crippen molar-refractivity contribution in [2.24, 2.45) is 5.73 Å². The van der Waals surface area contributed by atoms with E-state index in [4.69, 9.17) is 22.6 Å². The number of nitriles is 1. The summed E-state index contributed by atoms with van der Waals surface area (Å²) in [6.45, 7) is -0.00174. The smallest absolute Gasteiger partial charge is 0.280 e. The predicted molar refractivity (Wildman–Crippen MR) is 46.8 cm³/mol. The maximum absolute atomic E-state index is 12.2. The van der Waals surface area contributed by atoms with Crippen molar-refractivity contribution in [3.63, 3.8) is 0 Å². The number of nitrogens with zero attached hydrogens (tertiary/aromatic N) is 2. The fourth-order valence-corrected chi connectivity index (χ4v) is 1.24. The number of halogens is 3. The van der Waals surface area contributed by atoms with E-state index in [-0.39, 0.29) is 17.3 Å². The zero-order valence-electron chi connectivity index (χ0n) is 6.97. The van der Waals surface area contributed by atoms with E-state index in [2.05, 4.69) is 4.98 Å². The Balaban J connectivity index is 3.33. The first-order valence-corrected chi connectivity index (χ1v) is 4.05. The first-order valence-electron chi connectivity index (χ1n) is 3.67. The van der Waals surface area contributed by atoms with Crippen molar-refractivity contribution in [1.29, 1.82) is 5.26 Å². The second-order valence-electron chi connectivity index (χ2n) is 2.48. The van der Waals surface area contributed by atoms with Gasteiger partial charge in [0.05, 0.1) is 11.6 Å². The van der Waals surface area contributed by atoms with Crippen molar-refractivity contribution < 1.29 is 8.78 Å². The van der Waals surface area contributed by atoms with E-state index >= 15 is 0 Å². The third kappa shape index (κ3) is 1.97. The minimum absolute atomic E-state index is 0.00174. The molecular formula is C8H6ClF2N3. The molecule has 3 nitrogen and oxygen atoms in total. The Labute approximate surface area is 84.1 Å². The molecule has 0 radical (unpaired) electrons. The summed E-state index contributed by atoms with van der Waals surface area (Å²) in [5.41, 5.74) is 5.11. The van der Waals surface area contributed by atoms with Crippen molar-refractivity contribution in [3.05, 3.63) is 28.0 Å². The molecule has 1 heterocycles. The number of nitrogens with two attached hydrogens (primary N) is 1. The summed E-state index contributed by atoms with van der Waals surface area (Å²) in [6.07, 6.45) is -2.74. The van der Waals surface area contributed by atoms with Crippen molar-refractivity contribution in [2.45, 2.75) is 13.0 Å². The van der Waals surface area contributed by atoms with Gasteiger partial charge in [-0.3, -0.25) is 0 Å². The highest BCUT2D eigenvalue weighted by atomic mass is 35.5. The molecule has 0 atom stereocenters. The van der Waals surface area contributed by atoms with Crippen LogP contribution in [0.25, 0.3) is 0 Å². The van der Waals surface area contributed by atoms with E-state index in [0.29, 0.717) is 5.56 Å². The van der Waals surface area contributed by atoms with Gasteiger partial charge in [0.25, 0.3) is 6.43 Å². The minimum Gasteiger partial charge on any atom is -0.326 e. The Hall–Kier alpha value is -1.25. The van der Waals surface area contributed by atoms with Crippen LogP contribution in [0.3, 0.4) is 0 Å². The van der Waals surface area contributed by atoms with Crippen LogP contribution < -0.4 is 5.73 Å². The van der Waals surface area contributed by atoms with E-state index in [0.717, 1.165) is 6.07 Å². The van der Waals surface area contributed by atoms with E-state index in [1.165, 1.54) is 0 Å². The summed E-state index contributed by atoms with van der Waals surface area (Å²) < 4.78 is 24.5. The summed E-state index contributed by atoms with van der Waals surface area (Å²) >= 11 is 5.58. The first-order chi connectivity index (χ1) is 6.60. The predicted octanol–water partition coefficient (Wildman–Crippen LogP) is 2.00. The summed E-state index contributed by atoms with van der Waals surface area (Å²) in [4.78, 5) is 3.44. The molecule has 74 valence electrons. The Morgan fingerprint density at radius 2 is 2.29 bits per heavy atom. The summed E-state index contributed by atoms with van der Waals surface area (Å²) in [5, 5.41) is 8.51. The highest BCUT2D eigenvalue weighted by Crippen LogP contribution is 2.24. The molecule has 0 bridgehead atoms. The van der Waals surface area contributed by atoms with Gasteiger partial charge in [0.1, 0.15) is 10.8 Å². The zero-order chi connectivity index (χ0) is 10.7. The van der Waals surface area contributed by atoms with Crippen LogP contribution in [0.1, 0.15) is 23.2 Å². The molecule has 0 aromatic carbocycles. The molecule has 0 aliphatic heterocycles. The molecule has 0 spiro atoms. The molecule has 0 saturated heterocycles. The van der Waals surface area contributed by atoms with Gasteiger partial charge in [-0.25, -0.2) is 13.8 Å². The molecule has 1 rings (SSSR count). The van der Waals surface area contributed by atoms with Gasteiger partial charge < -0.3 is 5.73 Å². The minimum atomic E-state index is -2.74. The number of hydrogen-bond donors (Lipinski definition) is 1. The molecule has 14 heavy (non-hydrogen) atoms. The van der Waals surface area contributed by atoms with Crippen LogP contribution in [-0.4, -0.2) is 4.98 Å². The van der Waals surface area contributed by atoms with E-state index in [1.807, 2.05) is 0 Å². The van der Waals surface area contributed by atoms with Crippen molar-refractivity contribution in [3.8, 4) is 6.07 Å². The van der Waals surface area contributed by atoms with E-state index in [9.17, 15) is 8.78 Å². The topological polar surface area (TPSA) is 62.7 Å². The Morgan fingerprint density at radius 1 is 1.64 bits per heavy atom. The van der Waals surface area contributed by atoms with E-state index < -0.39 is 12.1 Å². The van der Waals surface area contributed by atoms with Gasteiger partial charge >= 0.3 is 0 Å². The van der Waals surface area contributed by atoms with Gasteiger partial charge in [0, 0.05) is 12.1 Å². The van der Waals surface area contributed by atoms with Crippen LogP contribution in [-0.2, 0) is 6.54 Å². The van der Waals surface area contributed by atoms with Gasteiger partial charge in [0.15, 0.2) is 0 Å². The van der Waals surface area contributed by atoms with Crippen LogP contribution in [0.15, 0.2) is 6.07 Å². The number of aromatic nitrogens is 1. The van der Waals surface area contributed by atoms with Crippen LogP contribution >= 0.6 is 11.6 Å². The lowest BCUT2D eigenvalue weighted by Gasteiger charge is -2.05. The molecule has 0 aliphatic carbocycles. The van der Waals surface area contributed by atoms with Gasteiger partial charge in [-0.2, -0.15) is 5.26 Å². The van der Waals surface area contributed by atoms with Crippen LogP contribution in [0.4, 0.5) is 8.78 Å². The lowest BCUT2D eigenvalue weighted by atomic mass is 10.1. The summed E-state index contributed by atoms with van der Waals surface area (Å²) in [7, 11) is 0. The van der Waals surface area contributed by atoms with E-state index in [1.54, 1.807) is 6.07 Å². The first kappa shape index (κ1) is 10.8. The zero-order valence-corrected chi connectivity index (χ0v) is 7.72. The number of alkyl halides is 2. The lowest BCUT2D eigenvalue weighted by molar-refractivity contribution is 0.146. The third-order valence-corrected chi connectivity index (χ3v) is 1.95. The number of hydrogen-bond acceptors (Lipinski definition) is 3. The molecule has 0 aliphatic rings. The molecule has 0 fully saturated rings. The largest absolute Gasteiger partial charge is 0.326 e. The molecule has 1 aromatic rings. The molecule has 0 saturated carbocycles. The highest BCUT2D eigenvalue weighted by molar-refractivity contribution is 6.30. The van der Waals surface area contributed by atoms with Crippen molar-refractivity contribution in [1.82, 2.24) is 4.98 Å². The summed E-state index contributed by atoms with van der Waals surface area (Å²) in [6, 6.07) is 2.74. The van der Waals surface area contributed by atoms with Gasteiger partial charge in [-0.05, 0) is 6.07 Å². The molecular weight excluding hydrogens is 212 g/mol. The maximum atomic E-state index is 12.2. The van der Waals surface area contributed by atoms with Crippen molar-refractivity contribution >= 4 is 11.6 Å². The number of rotatable bonds is 2. The molecule has 2 N–H and O–H groups in total. The van der Waals surface area contributed by atoms with Crippen LogP contribution in [0.5, 0.6) is 0 Å². The molecule has 0 amide bonds. The SMILES string of the molecule is N#Cc1cc(C(F)F)nc(Cl)c1CN. The van der Waals surface area contributed by atoms with Crippen LogP contribution in [0.2, 0.25) is 5.15 Å². The fourth-order valence-electron chi connectivity index (χ4n) is 0.965. The maximum Gasteiger partial charge on any atom is 0.280 e. The third-order valence-electron chi connectivity index (χ3n) is 1.64. The molecule has 1 aromatic heterocycles. The average Bonchev–Trinajstić information content (AvgIpc) is 2.16. The van der Waals surface area contributed by atoms with Gasteiger partial charge in [0.2, 0.25) is 0 Å². The Bertz CT molecular complexity index is 387. The van der Waals surface area contributed by atoms with Crippen molar-refractivity contribution in [2.75, 3.05) is 0 Å². The van der Waals surface area contributed by atoms with Crippen LogP contribution in [0, 0.1) is 11.3 Å². The second-order valence-corrected chi connectivity index (χ2v) is 2.84. The Kier molecular flexibility index (Phi) is 3.33. The highest BCUT2D eigenvalue weighted by Gasteiger charge is 2.15. The second kappa shape index (κ2) is 4.31.